The fourth-order valence-electron chi connectivity index (χ4n) is 1.39. The van der Waals surface area contributed by atoms with Crippen LogP contribution < -0.4 is 10.5 Å². The van der Waals surface area contributed by atoms with Gasteiger partial charge in [-0.25, -0.2) is 9.97 Å². The Morgan fingerprint density at radius 2 is 2.29 bits per heavy atom. The van der Waals surface area contributed by atoms with Crippen LogP contribution in [0.3, 0.4) is 0 Å². The summed E-state index contributed by atoms with van der Waals surface area (Å²) in [7, 11) is 1.54. The molecule has 0 aliphatic rings. The zero-order valence-corrected chi connectivity index (χ0v) is 8.06. The summed E-state index contributed by atoms with van der Waals surface area (Å²) in [6.07, 6.45) is 1.44. The molecule has 0 saturated carbocycles. The highest BCUT2D eigenvalue weighted by molar-refractivity contribution is 5.78. The summed E-state index contributed by atoms with van der Waals surface area (Å²) >= 11 is 0. The van der Waals surface area contributed by atoms with Crippen molar-refractivity contribution in [3.05, 3.63) is 6.33 Å². The van der Waals surface area contributed by atoms with Crippen molar-refractivity contribution in [2.24, 2.45) is 0 Å². The first-order valence-corrected chi connectivity index (χ1v) is 4.28. The average molecular weight is 193 g/mol. The number of fused-ring (bicyclic) bond motifs is 1. The third-order valence-electron chi connectivity index (χ3n) is 2.04. The highest BCUT2D eigenvalue weighted by atomic mass is 16.5. The fourth-order valence-corrected chi connectivity index (χ4v) is 1.39. The molecule has 0 saturated heterocycles. The van der Waals surface area contributed by atoms with Crippen LogP contribution in [0.2, 0.25) is 0 Å². The average Bonchev–Trinajstić information content (AvgIpc) is 2.52. The minimum absolute atomic E-state index is 0.432. The Bertz CT molecular complexity index is 464. The fraction of sp³-hybridized carbons (Fsp3) is 0.375. The monoisotopic (exact) mass is 193 g/mol. The van der Waals surface area contributed by atoms with Gasteiger partial charge in [0.1, 0.15) is 6.33 Å². The van der Waals surface area contributed by atoms with Gasteiger partial charge >= 0.3 is 0 Å². The Hall–Kier alpha value is -1.85. The van der Waals surface area contributed by atoms with Gasteiger partial charge in [-0.1, -0.05) is 0 Å². The number of hydrogen-bond acceptors (Lipinski definition) is 5. The number of hydrogen-bond donors (Lipinski definition) is 1. The Morgan fingerprint density at radius 3 is 2.93 bits per heavy atom. The molecule has 2 aromatic rings. The molecule has 0 aromatic carbocycles. The zero-order chi connectivity index (χ0) is 10.1. The molecular formula is C8H11N5O. The van der Waals surface area contributed by atoms with Crippen LogP contribution >= 0.6 is 0 Å². The molecule has 6 heteroatoms. The highest BCUT2D eigenvalue weighted by Gasteiger charge is 2.12. The van der Waals surface area contributed by atoms with Gasteiger partial charge in [-0.15, -0.1) is 0 Å². The number of ether oxygens (including phenoxy) is 1. The summed E-state index contributed by atoms with van der Waals surface area (Å²) in [6.45, 7) is 2.70. The summed E-state index contributed by atoms with van der Waals surface area (Å²) in [5.74, 6) is 0.884. The number of imidazole rings is 1. The maximum absolute atomic E-state index is 5.72. The topological polar surface area (TPSA) is 78.9 Å². The predicted octanol–water partition coefficient (Wildman–Crippen LogP) is 0.437. The van der Waals surface area contributed by atoms with Crippen molar-refractivity contribution in [3.63, 3.8) is 0 Å². The van der Waals surface area contributed by atoms with Crippen LogP contribution in [-0.4, -0.2) is 26.6 Å². The summed E-state index contributed by atoms with van der Waals surface area (Å²) < 4.78 is 6.86. The molecule has 0 fully saturated rings. The summed E-state index contributed by atoms with van der Waals surface area (Å²) in [5.41, 5.74) is 7.03. The molecule has 0 aliphatic heterocycles. The molecule has 2 heterocycles. The first-order chi connectivity index (χ1) is 6.77. The van der Waals surface area contributed by atoms with Crippen LogP contribution in [0.15, 0.2) is 6.33 Å². The van der Waals surface area contributed by atoms with Crippen LogP contribution in [0.25, 0.3) is 11.2 Å². The van der Waals surface area contributed by atoms with Crippen molar-refractivity contribution in [3.8, 4) is 5.88 Å². The Labute approximate surface area is 80.7 Å². The highest BCUT2D eigenvalue weighted by Crippen LogP contribution is 2.22. The van der Waals surface area contributed by atoms with Crippen LogP contribution in [0, 0.1) is 0 Å². The number of methoxy groups -OCH3 is 1. The summed E-state index contributed by atoms with van der Waals surface area (Å²) in [4.78, 5) is 12.2. The second-order valence-corrected chi connectivity index (χ2v) is 2.77. The van der Waals surface area contributed by atoms with E-state index < -0.39 is 0 Å². The van der Waals surface area contributed by atoms with Gasteiger partial charge in [-0.3, -0.25) is 4.57 Å². The van der Waals surface area contributed by atoms with Crippen LogP contribution in [0.1, 0.15) is 6.92 Å². The van der Waals surface area contributed by atoms with E-state index in [1.165, 1.54) is 6.33 Å². The molecule has 2 aromatic heterocycles. The number of rotatable bonds is 2. The molecule has 0 spiro atoms. The number of nitrogen functional groups attached to an aromatic ring is 1. The van der Waals surface area contributed by atoms with Gasteiger partial charge in [0.05, 0.1) is 7.11 Å². The van der Waals surface area contributed by atoms with Crippen molar-refractivity contribution in [1.82, 2.24) is 19.5 Å². The molecule has 0 radical (unpaired) electrons. The quantitative estimate of drug-likeness (QED) is 0.748. The Balaban J connectivity index is 2.79. The second kappa shape index (κ2) is 3.13. The lowest BCUT2D eigenvalue weighted by atomic mass is 10.5. The van der Waals surface area contributed by atoms with Crippen molar-refractivity contribution in [1.29, 1.82) is 0 Å². The smallest absolute Gasteiger partial charge is 0.245 e. The first kappa shape index (κ1) is 8.74. The molecule has 14 heavy (non-hydrogen) atoms. The number of nitrogens with zero attached hydrogens (tertiary/aromatic N) is 4. The van der Waals surface area contributed by atoms with Crippen LogP contribution in [-0.2, 0) is 6.54 Å². The largest absolute Gasteiger partial charge is 0.479 e. The molecule has 2 N–H and O–H groups in total. The van der Waals surface area contributed by atoms with Crippen molar-refractivity contribution < 1.29 is 4.74 Å². The molecule has 0 amide bonds. The van der Waals surface area contributed by atoms with Gasteiger partial charge in [0.15, 0.2) is 11.2 Å². The number of anilines is 1. The molecule has 0 aliphatic carbocycles. The van der Waals surface area contributed by atoms with Crippen molar-refractivity contribution in [2.75, 3.05) is 12.8 Å². The molecule has 6 nitrogen and oxygen atoms in total. The van der Waals surface area contributed by atoms with Crippen LogP contribution in [0.5, 0.6) is 5.88 Å². The Kier molecular flexibility index (Phi) is 1.95. The van der Waals surface area contributed by atoms with E-state index in [0.717, 1.165) is 6.54 Å². The SMILES string of the molecule is CCn1c(N)nc2c(OC)ncnc21. The molecular weight excluding hydrogens is 182 g/mol. The molecule has 0 unspecified atom stereocenters. The van der Waals surface area contributed by atoms with E-state index in [4.69, 9.17) is 10.5 Å². The second-order valence-electron chi connectivity index (χ2n) is 2.77. The number of nitrogens with two attached hydrogens (primary N) is 1. The van der Waals surface area contributed by atoms with Gasteiger partial charge in [0.25, 0.3) is 0 Å². The molecule has 0 atom stereocenters. The zero-order valence-electron chi connectivity index (χ0n) is 8.06. The number of aromatic nitrogens is 4. The van der Waals surface area contributed by atoms with Gasteiger partial charge in [0, 0.05) is 6.54 Å². The van der Waals surface area contributed by atoms with Gasteiger partial charge in [-0.2, -0.15) is 4.98 Å². The minimum atomic E-state index is 0.432. The molecule has 74 valence electrons. The first-order valence-electron chi connectivity index (χ1n) is 4.28. The maximum Gasteiger partial charge on any atom is 0.245 e. The van der Waals surface area contributed by atoms with E-state index in [1.54, 1.807) is 11.7 Å². The third kappa shape index (κ3) is 1.07. The lowest BCUT2D eigenvalue weighted by Crippen LogP contribution is -2.01. The van der Waals surface area contributed by atoms with E-state index in [9.17, 15) is 0 Å². The molecule has 0 bridgehead atoms. The van der Waals surface area contributed by atoms with Crippen molar-refractivity contribution >= 4 is 17.1 Å². The van der Waals surface area contributed by atoms with Gasteiger partial charge < -0.3 is 10.5 Å². The molecule has 2 rings (SSSR count). The Morgan fingerprint density at radius 1 is 1.50 bits per heavy atom. The van der Waals surface area contributed by atoms with E-state index in [1.807, 2.05) is 6.92 Å². The lowest BCUT2D eigenvalue weighted by molar-refractivity contribution is 0.401. The summed E-state index contributed by atoms with van der Waals surface area (Å²) in [5, 5.41) is 0. The van der Waals surface area contributed by atoms with E-state index in [-0.39, 0.29) is 0 Å². The van der Waals surface area contributed by atoms with Crippen LogP contribution in [0.4, 0.5) is 5.95 Å². The van der Waals surface area contributed by atoms with Crippen molar-refractivity contribution in [2.45, 2.75) is 13.5 Å². The number of aryl methyl sites for hydroxylation is 1. The standard InChI is InChI=1S/C8H11N5O/c1-3-13-6-5(12-8(13)9)7(14-2)11-4-10-6/h4H,3H2,1-2H3,(H2,9,12). The minimum Gasteiger partial charge on any atom is -0.479 e. The normalized spacial score (nSPS) is 10.7. The maximum atomic E-state index is 5.72. The van der Waals surface area contributed by atoms with Gasteiger partial charge in [0.2, 0.25) is 11.8 Å². The third-order valence-corrected chi connectivity index (χ3v) is 2.04. The van der Waals surface area contributed by atoms with E-state index >= 15 is 0 Å². The lowest BCUT2D eigenvalue weighted by Gasteiger charge is -2.00. The van der Waals surface area contributed by atoms with E-state index in [0.29, 0.717) is 23.0 Å². The van der Waals surface area contributed by atoms with E-state index in [2.05, 4.69) is 15.0 Å². The van der Waals surface area contributed by atoms with Gasteiger partial charge in [-0.05, 0) is 6.92 Å². The summed E-state index contributed by atoms with van der Waals surface area (Å²) in [6, 6.07) is 0. The predicted molar refractivity (Wildman–Crippen MR) is 52.0 cm³/mol.